The van der Waals surface area contributed by atoms with Crippen molar-refractivity contribution in [2.45, 2.75) is 180 Å². The van der Waals surface area contributed by atoms with Gasteiger partial charge in [-0.15, -0.1) is 54.1 Å². The van der Waals surface area contributed by atoms with Crippen LogP contribution in [0.3, 0.4) is 0 Å². The van der Waals surface area contributed by atoms with E-state index in [4.69, 9.17) is 23.3 Å². The molecule has 0 aliphatic heterocycles. The Kier molecular flexibility index (Phi) is 35.0. The van der Waals surface area contributed by atoms with Crippen molar-refractivity contribution >= 4 is 116 Å². The summed E-state index contributed by atoms with van der Waals surface area (Å²) in [5, 5.41) is 39.9. The summed E-state index contributed by atoms with van der Waals surface area (Å²) in [4.78, 5) is 61.3. The Labute approximate surface area is 732 Å². The first kappa shape index (κ1) is 93.5. The van der Waals surface area contributed by atoms with Crippen molar-refractivity contribution in [3.05, 3.63) is 252 Å². The van der Waals surface area contributed by atoms with E-state index in [0.29, 0.717) is 23.1 Å². The molecule has 1 saturated carbocycles. The maximum Gasteiger partial charge on any atom is 0.216 e. The number of hydrogen-bond donors (Lipinski definition) is 3. The van der Waals surface area contributed by atoms with Gasteiger partial charge < -0.3 is 38.5 Å². The van der Waals surface area contributed by atoms with E-state index in [1.807, 2.05) is 155 Å². The number of carbonyl (C=O) groups is 3. The molecule has 3 N–H and O–H groups in total. The summed E-state index contributed by atoms with van der Waals surface area (Å²) in [6.45, 7) is 27.0. The van der Waals surface area contributed by atoms with Crippen LogP contribution in [-0.4, -0.2) is 62.6 Å². The van der Waals surface area contributed by atoms with Gasteiger partial charge in [-0.2, -0.15) is 0 Å². The van der Waals surface area contributed by atoms with E-state index < -0.39 is 0 Å². The second kappa shape index (κ2) is 44.1. The Morgan fingerprint density at radius 2 is 0.822 bits per heavy atom. The fourth-order valence-electron chi connectivity index (χ4n) is 15.1. The minimum Gasteiger partial charge on any atom is -0.512 e. The molecule has 0 saturated heterocycles. The summed E-state index contributed by atoms with van der Waals surface area (Å²) in [5.41, 5.74) is 16.0. The number of benzene rings is 6. The van der Waals surface area contributed by atoms with Crippen molar-refractivity contribution < 1.29 is 103 Å². The average molecular weight is 2110 g/mol. The van der Waals surface area contributed by atoms with Gasteiger partial charge >= 0.3 is 0 Å². The van der Waals surface area contributed by atoms with Crippen LogP contribution in [0.25, 0.3) is 132 Å². The molecule has 619 valence electrons. The number of aliphatic hydroxyl groups excluding tert-OH is 3. The van der Waals surface area contributed by atoms with Crippen molar-refractivity contribution in [3.8, 4) is 33.8 Å². The molecular weight excluding hydrogens is 2010 g/mol. The number of nitrogens with zero attached hydrogens (tertiary/aromatic N) is 6. The van der Waals surface area contributed by atoms with E-state index in [1.54, 1.807) is 0 Å². The zero-order chi connectivity index (χ0) is 82.0. The summed E-state index contributed by atoms with van der Waals surface area (Å²) in [7, 11) is 0. The summed E-state index contributed by atoms with van der Waals surface area (Å²) in [6, 6.07) is 63.8. The van der Waals surface area contributed by atoms with Crippen LogP contribution in [0.5, 0.6) is 0 Å². The molecule has 9 aromatic heterocycles. The van der Waals surface area contributed by atoms with Gasteiger partial charge in [-0.05, 0) is 191 Å². The predicted molar refractivity (Wildman–Crippen MR) is 468 cm³/mol. The molecule has 18 heteroatoms. The van der Waals surface area contributed by atoms with Crippen LogP contribution in [-0.2, 0) is 74.7 Å². The number of furan rings is 3. The number of aliphatic hydroxyl groups is 3. The first-order valence-electron chi connectivity index (χ1n) is 40.6. The molecule has 15 nitrogen and oxygen atoms in total. The van der Waals surface area contributed by atoms with E-state index in [2.05, 4.69) is 141 Å². The van der Waals surface area contributed by atoms with E-state index in [9.17, 15) is 24.6 Å². The standard InChI is InChI=1S/C27H23N2O.2C21H13N2O.2C13H24O2.C5H8O2.3Ir/c1-16-14-22-21-11-10-17(2)28-27(21)30-26(22)23(15-16)25-13-12-20-19(18-6-3-4-7-18)8-5-9-24(20)29-25;2*1-13-9-10-17-16-7-4-8-18(20(16)24-21(17)23-13)19-11-14-5-2-3-6-15(14)12-22-19;2*1-5-10(6-2)12(14)9-13(15)11(7-3)8-4;1-4(6)3-5(2)7;;;/h5,8-14,18H,3-4,6-7H2,1-2H3;2*2-7,9-12H,1H3;2*9-11,14H,5-8H2,1-4H3;3,6H,1-2H3;;;/q3*-1;;;;;;. The number of fused-ring (bicyclic) bond motifs is 12. The summed E-state index contributed by atoms with van der Waals surface area (Å²) >= 11 is 0. The molecule has 1 aliphatic rings. The smallest absolute Gasteiger partial charge is 0.216 e. The van der Waals surface area contributed by atoms with Crippen molar-refractivity contribution in [1.82, 2.24) is 29.9 Å². The van der Waals surface area contributed by atoms with E-state index in [0.717, 1.165) is 184 Å². The van der Waals surface area contributed by atoms with Crippen LogP contribution >= 0.6 is 0 Å². The fraction of sp³-hybridized carbons (Fsp3) is 0.310. The average Bonchev–Trinajstić information content (AvgIpc) is 1.64. The van der Waals surface area contributed by atoms with Gasteiger partial charge in [-0.3, -0.25) is 19.4 Å². The molecule has 0 atom stereocenters. The Balaban J connectivity index is 0.000000183. The van der Waals surface area contributed by atoms with Gasteiger partial charge in [-0.25, -0.2) is 15.0 Å². The van der Waals surface area contributed by atoms with E-state index in [1.165, 1.54) is 68.7 Å². The third-order valence-corrected chi connectivity index (χ3v) is 21.7. The third-order valence-electron chi connectivity index (χ3n) is 21.7. The molecule has 0 spiro atoms. The Hall–Kier alpha value is -10.0. The van der Waals surface area contributed by atoms with Crippen LogP contribution in [0.4, 0.5) is 0 Å². The molecular formula is C100H105Ir3N6O9-3. The maximum atomic E-state index is 11.7. The van der Waals surface area contributed by atoms with Crippen molar-refractivity contribution in [2.24, 2.45) is 23.7 Å². The van der Waals surface area contributed by atoms with Crippen molar-refractivity contribution in [2.75, 3.05) is 0 Å². The van der Waals surface area contributed by atoms with Gasteiger partial charge in [-0.1, -0.05) is 193 Å². The number of hydrogen-bond acceptors (Lipinski definition) is 15. The Morgan fingerprint density at radius 1 is 0.424 bits per heavy atom. The molecule has 0 bridgehead atoms. The third kappa shape index (κ3) is 22.7. The van der Waals surface area contributed by atoms with Crippen molar-refractivity contribution in [1.29, 1.82) is 0 Å². The SMILES string of the molecule is CC(=O)C=C(C)O.CCC(CC)C(=O)C=C(O)C(CC)CC.CCC(CC)C(=O)C=C(O)C(CC)CC.Cc1[c-]c(-c2ccc3c(C4CCCC4)cccc3n2)c2oc3nc(C)ccc3c2c1.Cc1ccc2c(n1)oc1c(-c3cc4ccccc4cn3)[c-]ccc12.Cc1ccc2c(n1)oc1c(-c3cc4ccccc4cn3)[c-]ccc12.[Ir].[Ir].[Ir]. The maximum absolute atomic E-state index is 11.7. The van der Waals surface area contributed by atoms with Crippen molar-refractivity contribution in [3.63, 3.8) is 0 Å². The molecule has 0 unspecified atom stereocenters. The van der Waals surface area contributed by atoms with Crippen LogP contribution < -0.4 is 0 Å². The second-order valence-corrected chi connectivity index (χ2v) is 29.8. The monoisotopic (exact) mass is 2110 g/mol. The topological polar surface area (TPSA) is 229 Å². The number of pyridine rings is 6. The van der Waals surface area contributed by atoms with Gasteiger partial charge in [0.05, 0.1) is 39.5 Å². The molecule has 1 aliphatic carbocycles. The Morgan fingerprint density at radius 3 is 1.22 bits per heavy atom. The molecule has 6 aromatic carbocycles. The minimum absolute atomic E-state index is 0. The molecule has 118 heavy (non-hydrogen) atoms. The molecule has 1 fully saturated rings. The molecule has 3 radical (unpaired) electrons. The number of aromatic nitrogens is 6. The van der Waals surface area contributed by atoms with Gasteiger partial charge in [0.15, 0.2) is 17.3 Å². The normalized spacial score (nSPS) is 12.4. The number of aryl methyl sites for hydroxylation is 4. The predicted octanol–water partition coefficient (Wildman–Crippen LogP) is 26.6. The first-order valence-corrected chi connectivity index (χ1v) is 40.6. The summed E-state index contributed by atoms with van der Waals surface area (Å²) in [6.07, 6.45) is 20.0. The fourth-order valence-corrected chi connectivity index (χ4v) is 15.1. The van der Waals surface area contributed by atoms with E-state index in [-0.39, 0.29) is 119 Å². The molecule has 9 heterocycles. The van der Waals surface area contributed by atoms with Gasteiger partial charge in [0.1, 0.15) is 0 Å². The quantitative estimate of drug-likeness (QED) is 0.0388. The first-order chi connectivity index (χ1) is 55.6. The summed E-state index contributed by atoms with van der Waals surface area (Å²) < 4.78 is 18.3. The molecule has 15 aromatic rings. The Bertz CT molecular complexity index is 5810. The summed E-state index contributed by atoms with van der Waals surface area (Å²) in [5.74, 6) is 1.70. The van der Waals surface area contributed by atoms with Gasteiger partial charge in [0.25, 0.3) is 0 Å². The van der Waals surface area contributed by atoms with Crippen LogP contribution in [0, 0.1) is 69.6 Å². The number of carbonyl (C=O) groups excluding carboxylic acids is 3. The number of rotatable bonds is 19. The second-order valence-electron chi connectivity index (χ2n) is 29.8. The minimum atomic E-state index is -0.125. The number of allylic oxidation sites excluding steroid dienone is 6. The zero-order valence-electron chi connectivity index (χ0n) is 69.7. The zero-order valence-corrected chi connectivity index (χ0v) is 76.9. The number of ketones is 3. The molecule has 0 amide bonds. The van der Waals surface area contributed by atoms with E-state index >= 15 is 0 Å². The van der Waals surface area contributed by atoms with Gasteiger partial charge in [0.2, 0.25) is 17.1 Å². The van der Waals surface area contributed by atoms with Gasteiger partial charge in [0, 0.05) is 153 Å². The largest absolute Gasteiger partial charge is 0.512 e. The van der Waals surface area contributed by atoms with Crippen LogP contribution in [0.2, 0.25) is 0 Å². The van der Waals surface area contributed by atoms with Crippen LogP contribution in [0.1, 0.15) is 180 Å². The van der Waals surface area contributed by atoms with Crippen LogP contribution in [0.15, 0.2) is 219 Å². The molecule has 16 rings (SSSR count).